The molecule has 384 valence electrons. The van der Waals surface area contributed by atoms with Crippen LogP contribution >= 0.6 is 0 Å². The minimum Gasteiger partial charge on any atom is -0.308 e. The lowest BCUT2D eigenvalue weighted by molar-refractivity contribution is 0.591. The molecule has 0 aliphatic carbocycles. The highest BCUT2D eigenvalue weighted by molar-refractivity contribution is 6.30. The van der Waals surface area contributed by atoms with Gasteiger partial charge >= 0.3 is 0 Å². The molecule has 0 saturated heterocycles. The number of anilines is 6. The molecule has 0 unspecified atom stereocenters. The number of hydrogen-bond acceptors (Lipinski definition) is 2. The molecule has 0 aliphatic heterocycles. The van der Waals surface area contributed by atoms with E-state index in [2.05, 4.69) is 296 Å². The van der Waals surface area contributed by atoms with Crippen molar-refractivity contribution in [3.63, 3.8) is 0 Å². The Balaban J connectivity index is 1.15. The fraction of sp³-hybridized carbons (Fsp3) is 0.216. The molecular formula is C74H68N4. The fourth-order valence-electron chi connectivity index (χ4n) is 12.8. The molecule has 4 heterocycles. The smallest absolute Gasteiger partial charge is 0.0783 e. The van der Waals surface area contributed by atoms with Crippen LogP contribution in [0.5, 0.6) is 0 Å². The highest BCUT2D eigenvalue weighted by atomic mass is 15.2. The molecule has 0 bridgehead atoms. The lowest BCUT2D eigenvalue weighted by Crippen LogP contribution is -2.15. The van der Waals surface area contributed by atoms with Gasteiger partial charge in [-0.15, -0.1) is 0 Å². The zero-order valence-corrected chi connectivity index (χ0v) is 47.3. The van der Waals surface area contributed by atoms with Gasteiger partial charge in [-0.05, 0) is 176 Å². The third-order valence-corrected chi connectivity index (χ3v) is 17.0. The molecule has 14 aromatic rings. The molecule has 0 N–H and O–H groups in total. The van der Waals surface area contributed by atoms with Crippen LogP contribution < -0.4 is 9.80 Å². The Morgan fingerprint density at radius 1 is 0.256 bits per heavy atom. The van der Waals surface area contributed by atoms with Gasteiger partial charge in [0, 0.05) is 65.8 Å². The van der Waals surface area contributed by atoms with E-state index in [0.717, 1.165) is 22.7 Å². The second-order valence-electron chi connectivity index (χ2n) is 26.4. The average molecular weight is 1010 g/mol. The van der Waals surface area contributed by atoms with Gasteiger partial charge in [-0.1, -0.05) is 156 Å². The third kappa shape index (κ3) is 7.25. The van der Waals surface area contributed by atoms with Gasteiger partial charge < -0.3 is 18.6 Å². The van der Waals surface area contributed by atoms with E-state index in [9.17, 15) is 0 Å². The summed E-state index contributed by atoms with van der Waals surface area (Å²) in [5, 5.41) is 12.8. The Morgan fingerprint density at radius 2 is 0.500 bits per heavy atom. The zero-order valence-electron chi connectivity index (χ0n) is 47.3. The maximum Gasteiger partial charge on any atom is 0.0783 e. The van der Waals surface area contributed by atoms with E-state index in [4.69, 9.17) is 0 Å². The quantitative estimate of drug-likeness (QED) is 0.165. The molecule has 0 aliphatic rings. The minimum atomic E-state index is -0.101. The largest absolute Gasteiger partial charge is 0.308 e. The predicted molar refractivity (Wildman–Crippen MR) is 337 cm³/mol. The second-order valence-corrected chi connectivity index (χ2v) is 26.4. The Labute approximate surface area is 458 Å². The predicted octanol–water partition coefficient (Wildman–Crippen LogP) is 21.3. The van der Waals surface area contributed by atoms with Crippen LogP contribution in [0.25, 0.3) is 87.0 Å². The molecule has 0 spiro atoms. The van der Waals surface area contributed by atoms with Crippen molar-refractivity contribution in [3.8, 4) is 0 Å². The first-order chi connectivity index (χ1) is 37.2. The molecule has 14 rings (SSSR count). The maximum absolute atomic E-state index is 2.63. The highest BCUT2D eigenvalue weighted by Gasteiger charge is 2.32. The Morgan fingerprint density at radius 3 is 0.769 bits per heavy atom. The molecule has 0 fully saturated rings. The van der Waals surface area contributed by atoms with Crippen LogP contribution in [0.2, 0.25) is 0 Å². The SMILES string of the molecule is CC(C)(C)c1cc(N(c2ccccc2)c2ccccc2)c2c(c1)c1cc(C(C)(C)C)cc3c4cc5cc6c(cc5cc4n2c31)c1cc(C(C)(C)C)cc2c3cc(C(C)(C)C)cc(N(c4ccccc4)c4ccccc4)c3n6c12. The van der Waals surface area contributed by atoms with Crippen molar-refractivity contribution in [2.75, 3.05) is 9.80 Å². The van der Waals surface area contributed by atoms with Crippen LogP contribution in [0.4, 0.5) is 34.1 Å². The molecule has 4 aromatic heterocycles. The molecule has 78 heavy (non-hydrogen) atoms. The summed E-state index contributed by atoms with van der Waals surface area (Å²) in [6.45, 7) is 28.2. The third-order valence-electron chi connectivity index (χ3n) is 17.0. The molecule has 0 radical (unpaired) electrons. The van der Waals surface area contributed by atoms with Gasteiger partial charge in [0.1, 0.15) is 0 Å². The van der Waals surface area contributed by atoms with Crippen molar-refractivity contribution < 1.29 is 0 Å². The second kappa shape index (κ2) is 16.6. The van der Waals surface area contributed by atoms with Crippen LogP contribution in [0, 0.1) is 0 Å². The van der Waals surface area contributed by atoms with E-state index in [0.29, 0.717) is 0 Å². The molecule has 0 amide bonds. The van der Waals surface area contributed by atoms with Crippen LogP contribution in [0.15, 0.2) is 194 Å². The van der Waals surface area contributed by atoms with Crippen molar-refractivity contribution in [1.82, 2.24) is 8.80 Å². The maximum atomic E-state index is 2.63. The van der Waals surface area contributed by atoms with Crippen molar-refractivity contribution in [2.24, 2.45) is 0 Å². The number of nitrogens with zero attached hydrogens (tertiary/aromatic N) is 4. The van der Waals surface area contributed by atoms with E-state index >= 15 is 0 Å². The standard InChI is InChI=1S/C74H68N4/c1-71(2,3)47-37-57-55-33-45-36-64-56(34-46(45)35-63(55)77-67(57)59(39-47)61-41-49(73(7,8)9)43-65(69(61)77)75(51-25-17-13-18-26-51)52-27-19-14-20-28-52)58-38-48(72(4,5)6)40-60-62-42-50(74(10,11)12)44-66(70(62)78(64)68(58)60)76(53-29-21-15-22-30-53)54-31-23-16-24-32-54/h13-44H,1-12H3. The van der Waals surface area contributed by atoms with E-state index < -0.39 is 0 Å². The molecule has 4 nitrogen and oxygen atoms in total. The Hall–Kier alpha value is -8.34. The van der Waals surface area contributed by atoms with Gasteiger partial charge in [-0.3, -0.25) is 0 Å². The van der Waals surface area contributed by atoms with Crippen LogP contribution in [-0.2, 0) is 21.7 Å². The first-order valence-corrected chi connectivity index (χ1v) is 28.0. The lowest BCUT2D eigenvalue weighted by atomic mass is 9.83. The van der Waals surface area contributed by atoms with Crippen molar-refractivity contribution in [3.05, 3.63) is 216 Å². The number of fused-ring (bicyclic) bond motifs is 13. The summed E-state index contributed by atoms with van der Waals surface area (Å²) in [6, 6.07) is 73.8. The van der Waals surface area contributed by atoms with Crippen LogP contribution in [-0.4, -0.2) is 8.80 Å². The van der Waals surface area contributed by atoms with Crippen molar-refractivity contribution >= 4 is 121 Å². The summed E-state index contributed by atoms with van der Waals surface area (Å²) in [5.41, 5.74) is 19.3. The van der Waals surface area contributed by atoms with Gasteiger partial charge in [0.05, 0.1) is 44.5 Å². The number of hydrogen-bond donors (Lipinski definition) is 0. The summed E-state index contributed by atoms with van der Waals surface area (Å²) in [6.07, 6.45) is 0. The zero-order chi connectivity index (χ0) is 53.9. The average Bonchev–Trinajstić information content (AvgIpc) is 3.91. The number of aromatic nitrogens is 2. The normalized spacial score (nSPS) is 13.1. The van der Waals surface area contributed by atoms with Gasteiger partial charge in [0.2, 0.25) is 0 Å². The fourth-order valence-corrected chi connectivity index (χ4v) is 12.8. The van der Waals surface area contributed by atoms with Gasteiger partial charge in [-0.2, -0.15) is 0 Å². The van der Waals surface area contributed by atoms with Gasteiger partial charge in [0.15, 0.2) is 0 Å². The molecule has 0 atom stereocenters. The van der Waals surface area contributed by atoms with E-state index in [-0.39, 0.29) is 21.7 Å². The number of para-hydroxylation sites is 4. The monoisotopic (exact) mass is 1010 g/mol. The molecule has 0 saturated carbocycles. The lowest BCUT2D eigenvalue weighted by Gasteiger charge is -2.29. The van der Waals surface area contributed by atoms with Crippen molar-refractivity contribution in [1.29, 1.82) is 0 Å². The molecular weight excluding hydrogens is 945 g/mol. The first-order valence-electron chi connectivity index (χ1n) is 28.0. The summed E-state index contributed by atoms with van der Waals surface area (Å²) in [7, 11) is 0. The van der Waals surface area contributed by atoms with Crippen LogP contribution in [0.1, 0.15) is 105 Å². The Bertz CT molecular complexity index is 4290. The topological polar surface area (TPSA) is 15.3 Å². The van der Waals surface area contributed by atoms with Gasteiger partial charge in [-0.25, -0.2) is 0 Å². The molecule has 10 aromatic carbocycles. The number of benzene rings is 10. The Kier molecular flexibility index (Phi) is 10.2. The summed E-state index contributed by atoms with van der Waals surface area (Å²) in [5.74, 6) is 0. The highest BCUT2D eigenvalue weighted by Crippen LogP contribution is 2.52. The summed E-state index contributed by atoms with van der Waals surface area (Å²) < 4.78 is 5.26. The summed E-state index contributed by atoms with van der Waals surface area (Å²) >= 11 is 0. The van der Waals surface area contributed by atoms with Gasteiger partial charge in [0.25, 0.3) is 0 Å². The molecule has 4 heteroatoms. The van der Waals surface area contributed by atoms with Crippen LogP contribution in [0.3, 0.4) is 0 Å². The van der Waals surface area contributed by atoms with E-state index in [1.165, 1.54) is 121 Å². The first kappa shape index (κ1) is 48.1. The number of rotatable bonds is 6. The van der Waals surface area contributed by atoms with Crippen molar-refractivity contribution in [2.45, 2.75) is 105 Å². The van der Waals surface area contributed by atoms with E-state index in [1.807, 2.05) is 0 Å². The minimum absolute atomic E-state index is 0.0827. The van der Waals surface area contributed by atoms with E-state index in [1.54, 1.807) is 0 Å². The summed E-state index contributed by atoms with van der Waals surface area (Å²) in [4.78, 5) is 4.97.